The zero-order valence-electron chi connectivity index (χ0n) is 24.1. The second-order valence-corrected chi connectivity index (χ2v) is 12.7. The van der Waals surface area contributed by atoms with Crippen LogP contribution in [0, 0.1) is 13.8 Å². The fraction of sp³-hybridized carbons (Fsp3) is 0.257. The summed E-state index contributed by atoms with van der Waals surface area (Å²) in [6, 6.07) is 29.6. The summed E-state index contributed by atoms with van der Waals surface area (Å²) in [6.07, 6.45) is 3.15. The lowest BCUT2D eigenvalue weighted by atomic mass is 9.86. The van der Waals surface area contributed by atoms with E-state index in [-0.39, 0.29) is 0 Å². The van der Waals surface area contributed by atoms with Gasteiger partial charge in [0.2, 0.25) is 9.84 Å². The number of ether oxygens (including phenoxy) is 2. The SMILES string of the molecule is COc1cc2c(cc1OC)C(Cc1ccccc1)/C(S(=O)(=O)c1ccc(C)cc1)=C\N(Cc1ccc(C)cc1)CC2. The number of methoxy groups -OCH3 is 2. The van der Waals surface area contributed by atoms with Crippen LogP contribution in [0.1, 0.15) is 39.3 Å². The third kappa shape index (κ3) is 6.33. The zero-order valence-corrected chi connectivity index (χ0v) is 24.9. The Labute approximate surface area is 244 Å². The van der Waals surface area contributed by atoms with Crippen LogP contribution in [0.5, 0.6) is 11.5 Å². The van der Waals surface area contributed by atoms with Crippen molar-refractivity contribution in [3.63, 3.8) is 0 Å². The minimum Gasteiger partial charge on any atom is -0.493 e. The summed E-state index contributed by atoms with van der Waals surface area (Å²) in [5.41, 5.74) is 6.41. The molecule has 1 aliphatic rings. The number of fused-ring (bicyclic) bond motifs is 1. The highest BCUT2D eigenvalue weighted by Gasteiger charge is 2.34. The average molecular weight is 568 g/mol. The van der Waals surface area contributed by atoms with E-state index in [1.165, 1.54) is 5.56 Å². The maximum absolute atomic E-state index is 14.5. The predicted octanol–water partition coefficient (Wildman–Crippen LogP) is 7.02. The summed E-state index contributed by atoms with van der Waals surface area (Å²) >= 11 is 0. The van der Waals surface area contributed by atoms with Crippen LogP contribution in [0.2, 0.25) is 0 Å². The molecule has 0 amide bonds. The largest absolute Gasteiger partial charge is 0.493 e. The molecule has 0 spiro atoms. The number of nitrogens with zero attached hydrogens (tertiary/aromatic N) is 1. The molecule has 5 nitrogen and oxygen atoms in total. The van der Waals surface area contributed by atoms with Gasteiger partial charge in [-0.05, 0) is 73.2 Å². The van der Waals surface area contributed by atoms with Crippen molar-refractivity contribution in [3.8, 4) is 11.5 Å². The minimum atomic E-state index is -3.85. The standard InChI is InChI=1S/C35H37NO4S/c1-25-10-14-28(15-11-25)23-36-19-18-29-21-33(39-3)34(40-4)22-31(29)32(20-27-8-6-5-7-9-27)35(24-36)41(37,38)30-16-12-26(2)13-17-30/h5-17,21-22,24,32H,18-20,23H2,1-4H3/b35-24+. The lowest BCUT2D eigenvalue weighted by Gasteiger charge is -2.31. The van der Waals surface area contributed by atoms with Gasteiger partial charge in [0.25, 0.3) is 0 Å². The van der Waals surface area contributed by atoms with E-state index in [9.17, 15) is 8.42 Å². The van der Waals surface area contributed by atoms with Crippen molar-refractivity contribution in [3.05, 3.63) is 135 Å². The molecule has 0 aliphatic carbocycles. The Morgan fingerprint density at radius 1 is 0.780 bits per heavy atom. The van der Waals surface area contributed by atoms with Gasteiger partial charge in [0.05, 0.1) is 24.0 Å². The predicted molar refractivity (Wildman–Crippen MR) is 164 cm³/mol. The van der Waals surface area contributed by atoms with E-state index in [1.807, 2.05) is 55.6 Å². The van der Waals surface area contributed by atoms with E-state index in [0.29, 0.717) is 40.8 Å². The lowest BCUT2D eigenvalue weighted by Crippen LogP contribution is -2.27. The lowest BCUT2D eigenvalue weighted by molar-refractivity contribution is 0.350. The molecule has 0 N–H and O–H groups in total. The first-order valence-electron chi connectivity index (χ1n) is 13.9. The molecule has 5 rings (SSSR count). The molecular weight excluding hydrogens is 530 g/mol. The highest BCUT2D eigenvalue weighted by molar-refractivity contribution is 7.95. The highest BCUT2D eigenvalue weighted by atomic mass is 32.2. The van der Waals surface area contributed by atoms with Crippen LogP contribution in [0.4, 0.5) is 0 Å². The van der Waals surface area contributed by atoms with Gasteiger partial charge in [0, 0.05) is 25.2 Å². The summed E-state index contributed by atoms with van der Waals surface area (Å²) < 4.78 is 40.4. The average Bonchev–Trinajstić information content (AvgIpc) is 2.98. The fourth-order valence-corrected chi connectivity index (χ4v) is 7.09. The zero-order chi connectivity index (χ0) is 29.0. The van der Waals surface area contributed by atoms with E-state index in [0.717, 1.165) is 34.2 Å². The smallest absolute Gasteiger partial charge is 0.204 e. The maximum atomic E-state index is 14.5. The summed E-state index contributed by atoms with van der Waals surface area (Å²) in [4.78, 5) is 2.82. The first kappa shape index (κ1) is 28.5. The van der Waals surface area contributed by atoms with Gasteiger partial charge < -0.3 is 14.4 Å². The van der Waals surface area contributed by atoms with Crippen LogP contribution in [-0.4, -0.2) is 34.1 Å². The van der Waals surface area contributed by atoms with Crippen LogP contribution < -0.4 is 9.47 Å². The molecule has 41 heavy (non-hydrogen) atoms. The molecule has 0 bridgehead atoms. The normalized spacial score (nSPS) is 16.6. The van der Waals surface area contributed by atoms with Gasteiger partial charge in [-0.25, -0.2) is 8.42 Å². The van der Waals surface area contributed by atoms with Gasteiger partial charge in [-0.3, -0.25) is 0 Å². The topological polar surface area (TPSA) is 55.8 Å². The number of benzene rings is 4. The summed E-state index contributed by atoms with van der Waals surface area (Å²) in [5, 5.41) is 0. The Morgan fingerprint density at radius 2 is 1.39 bits per heavy atom. The van der Waals surface area contributed by atoms with Crippen LogP contribution in [0.3, 0.4) is 0 Å². The number of hydrogen-bond acceptors (Lipinski definition) is 5. The van der Waals surface area contributed by atoms with Gasteiger partial charge in [0.15, 0.2) is 11.5 Å². The molecule has 1 unspecified atom stereocenters. The molecule has 0 radical (unpaired) electrons. The quantitative estimate of drug-likeness (QED) is 0.229. The molecule has 4 aromatic rings. The van der Waals surface area contributed by atoms with Crippen molar-refractivity contribution in [2.45, 2.75) is 44.0 Å². The molecule has 0 aromatic heterocycles. The summed E-state index contributed by atoms with van der Waals surface area (Å²) in [7, 11) is -0.606. The molecule has 212 valence electrons. The Morgan fingerprint density at radius 3 is 2.02 bits per heavy atom. The third-order valence-corrected chi connectivity index (χ3v) is 9.68. The second kappa shape index (κ2) is 12.2. The van der Waals surface area contributed by atoms with Crippen molar-refractivity contribution in [1.82, 2.24) is 4.90 Å². The molecule has 6 heteroatoms. The number of allylic oxidation sites excluding steroid dienone is 1. The van der Waals surface area contributed by atoms with Crippen molar-refractivity contribution in [2.24, 2.45) is 0 Å². The number of aryl methyl sites for hydroxylation is 2. The van der Waals surface area contributed by atoms with E-state index in [2.05, 4.69) is 48.2 Å². The Bertz CT molecular complexity index is 1630. The van der Waals surface area contributed by atoms with Gasteiger partial charge in [0.1, 0.15) is 0 Å². The van der Waals surface area contributed by atoms with Crippen molar-refractivity contribution >= 4 is 9.84 Å². The maximum Gasteiger partial charge on any atom is 0.204 e. The van der Waals surface area contributed by atoms with E-state index in [1.54, 1.807) is 26.4 Å². The van der Waals surface area contributed by atoms with Crippen LogP contribution in [0.25, 0.3) is 0 Å². The number of sulfone groups is 1. The Hall–Kier alpha value is -4.03. The van der Waals surface area contributed by atoms with Gasteiger partial charge in [-0.2, -0.15) is 0 Å². The molecule has 4 aromatic carbocycles. The van der Waals surface area contributed by atoms with E-state index in [4.69, 9.17) is 9.47 Å². The molecule has 1 atom stereocenters. The number of hydrogen-bond donors (Lipinski definition) is 0. The molecule has 1 heterocycles. The van der Waals surface area contributed by atoms with Crippen LogP contribution in [0.15, 0.2) is 107 Å². The monoisotopic (exact) mass is 567 g/mol. The van der Waals surface area contributed by atoms with Crippen molar-refractivity contribution in [1.29, 1.82) is 0 Å². The third-order valence-electron chi connectivity index (χ3n) is 7.77. The first-order chi connectivity index (χ1) is 19.8. The minimum absolute atomic E-state index is 0.297. The molecule has 0 saturated carbocycles. The Kier molecular flexibility index (Phi) is 8.50. The summed E-state index contributed by atoms with van der Waals surface area (Å²) in [6.45, 7) is 5.29. The number of rotatable bonds is 8. The summed E-state index contributed by atoms with van der Waals surface area (Å²) in [5.74, 6) is 0.801. The fourth-order valence-electron chi connectivity index (χ4n) is 5.45. The molecular formula is C35H37NO4S. The first-order valence-corrected chi connectivity index (χ1v) is 15.4. The van der Waals surface area contributed by atoms with Gasteiger partial charge in [-0.15, -0.1) is 0 Å². The van der Waals surface area contributed by atoms with Gasteiger partial charge >= 0.3 is 0 Å². The van der Waals surface area contributed by atoms with Crippen molar-refractivity contribution < 1.29 is 17.9 Å². The molecule has 0 fully saturated rings. The highest BCUT2D eigenvalue weighted by Crippen LogP contribution is 2.42. The van der Waals surface area contributed by atoms with Gasteiger partial charge in [-0.1, -0.05) is 77.9 Å². The molecule has 0 saturated heterocycles. The molecule has 1 aliphatic heterocycles. The van der Waals surface area contributed by atoms with Crippen molar-refractivity contribution in [2.75, 3.05) is 20.8 Å². The second-order valence-electron chi connectivity index (χ2n) is 10.7. The Balaban J connectivity index is 1.72. The van der Waals surface area contributed by atoms with Crippen LogP contribution in [-0.2, 0) is 29.2 Å². The van der Waals surface area contributed by atoms with Crippen LogP contribution >= 0.6 is 0 Å². The van der Waals surface area contributed by atoms with E-state index < -0.39 is 15.8 Å². The van der Waals surface area contributed by atoms with E-state index >= 15 is 0 Å².